The molecule has 1 N–H and O–H groups in total. The van der Waals surface area contributed by atoms with Crippen molar-refractivity contribution in [2.75, 3.05) is 0 Å². The number of rotatable bonds is 5. The molecule has 0 aliphatic heterocycles. The summed E-state index contributed by atoms with van der Waals surface area (Å²) in [5.74, 6) is -1.48. The molecule has 0 spiro atoms. The molecule has 2 atom stereocenters. The Labute approximate surface area is 226 Å². The van der Waals surface area contributed by atoms with Gasteiger partial charge in [0, 0.05) is 35.9 Å². The van der Waals surface area contributed by atoms with Gasteiger partial charge in [0.25, 0.3) is 5.56 Å². The molecule has 0 bridgehead atoms. The van der Waals surface area contributed by atoms with Crippen LogP contribution in [0.2, 0.25) is 5.02 Å². The van der Waals surface area contributed by atoms with Gasteiger partial charge >= 0.3 is 6.18 Å². The van der Waals surface area contributed by atoms with E-state index in [4.69, 9.17) is 11.6 Å². The predicted molar refractivity (Wildman–Crippen MR) is 138 cm³/mol. The Hall–Kier alpha value is -3.70. The minimum absolute atomic E-state index is 0.00214. The summed E-state index contributed by atoms with van der Waals surface area (Å²) < 4.78 is 40.7. The third kappa shape index (κ3) is 5.16. The maximum absolute atomic E-state index is 13.5. The zero-order valence-electron chi connectivity index (χ0n) is 21.5. The highest BCUT2D eigenvalue weighted by molar-refractivity contribution is 6.31. The Kier molecular flexibility index (Phi) is 6.54. The lowest BCUT2D eigenvalue weighted by molar-refractivity contribution is -0.145. The van der Waals surface area contributed by atoms with Crippen LogP contribution in [0.5, 0.6) is 0 Å². The van der Waals surface area contributed by atoms with Gasteiger partial charge in [-0.3, -0.25) is 14.3 Å². The maximum Gasteiger partial charge on any atom is 0.451 e. The molecule has 4 heterocycles. The van der Waals surface area contributed by atoms with Crippen LogP contribution in [0.3, 0.4) is 0 Å². The molecule has 202 valence electrons. The molecule has 12 heteroatoms. The van der Waals surface area contributed by atoms with Crippen molar-refractivity contribution in [3.8, 4) is 17.1 Å². The number of hydrogen-bond donors (Lipinski definition) is 1. The molecule has 0 radical (unpaired) electrons. The average Bonchev–Trinajstić information content (AvgIpc) is 3.67. The number of halogens is 4. The first kappa shape index (κ1) is 26.9. The number of alkyl halides is 3. The van der Waals surface area contributed by atoms with Crippen molar-refractivity contribution in [3.63, 3.8) is 0 Å². The van der Waals surface area contributed by atoms with Gasteiger partial charge in [0.05, 0.1) is 17.1 Å². The van der Waals surface area contributed by atoms with Crippen LogP contribution < -0.4 is 5.56 Å². The SMILES string of the molecule is Cc1cnc(-c2ccnc(C(C)(C)O)n2)cc1-n1c(C)cc([C@@H]2C[C@H]2c2ccnc(C(F)(F)F)n2)c(Cl)c1=O. The van der Waals surface area contributed by atoms with E-state index in [-0.39, 0.29) is 28.4 Å². The number of nitrogens with zero attached hydrogens (tertiary/aromatic N) is 6. The zero-order valence-corrected chi connectivity index (χ0v) is 22.2. The van der Waals surface area contributed by atoms with Crippen LogP contribution in [0.1, 0.15) is 66.3 Å². The number of aliphatic hydroxyl groups is 1. The highest BCUT2D eigenvalue weighted by atomic mass is 35.5. The van der Waals surface area contributed by atoms with Gasteiger partial charge in [0.1, 0.15) is 10.6 Å². The normalized spacial score (nSPS) is 17.4. The van der Waals surface area contributed by atoms with Gasteiger partial charge in [0.15, 0.2) is 5.82 Å². The van der Waals surface area contributed by atoms with Crippen molar-refractivity contribution in [2.24, 2.45) is 0 Å². The van der Waals surface area contributed by atoms with Gasteiger partial charge in [-0.25, -0.2) is 19.9 Å². The van der Waals surface area contributed by atoms with Crippen molar-refractivity contribution >= 4 is 11.6 Å². The van der Waals surface area contributed by atoms with Crippen molar-refractivity contribution in [1.82, 2.24) is 29.5 Å². The fourth-order valence-corrected chi connectivity index (χ4v) is 4.85. The van der Waals surface area contributed by atoms with Crippen molar-refractivity contribution in [2.45, 2.75) is 57.7 Å². The highest BCUT2D eigenvalue weighted by Crippen LogP contribution is 2.55. The van der Waals surface area contributed by atoms with E-state index in [1.165, 1.54) is 16.8 Å². The van der Waals surface area contributed by atoms with Crippen LogP contribution in [0.15, 0.2) is 47.7 Å². The van der Waals surface area contributed by atoms with Gasteiger partial charge in [-0.2, -0.15) is 13.2 Å². The molecule has 1 saturated carbocycles. The molecule has 8 nitrogen and oxygen atoms in total. The summed E-state index contributed by atoms with van der Waals surface area (Å²) in [5, 5.41) is 10.3. The fraction of sp³-hybridized carbons (Fsp3) is 0.333. The maximum atomic E-state index is 13.5. The minimum Gasteiger partial charge on any atom is -0.382 e. The lowest BCUT2D eigenvalue weighted by Gasteiger charge is -2.17. The number of hydrogen-bond acceptors (Lipinski definition) is 7. The van der Waals surface area contributed by atoms with Gasteiger partial charge < -0.3 is 5.11 Å². The summed E-state index contributed by atoms with van der Waals surface area (Å²) in [5.41, 5.74) is 1.96. The lowest BCUT2D eigenvalue weighted by Crippen LogP contribution is -2.23. The first-order chi connectivity index (χ1) is 18.3. The third-order valence-corrected chi connectivity index (χ3v) is 7.02. The van der Waals surface area contributed by atoms with E-state index in [1.54, 1.807) is 45.2 Å². The Bertz CT molecular complexity index is 1650. The van der Waals surface area contributed by atoms with Crippen molar-refractivity contribution < 1.29 is 18.3 Å². The van der Waals surface area contributed by atoms with E-state index < -0.39 is 23.2 Å². The molecule has 4 aromatic heterocycles. The van der Waals surface area contributed by atoms with E-state index in [1.807, 2.05) is 6.92 Å². The molecule has 0 saturated heterocycles. The third-order valence-electron chi connectivity index (χ3n) is 6.64. The standard InChI is InChI=1S/C27H24ClF3N6O2/c1-13-12-34-20(19-6-8-32-24(36-19)26(3,4)39)11-21(13)37-14(2)9-17(22(28)23(37)38)15-10-16(15)18-5-7-33-25(35-18)27(29,30)31/h5-9,11-12,15-16,39H,10H2,1-4H3/t15-,16-/m1/s1. The molecule has 1 aliphatic carbocycles. The predicted octanol–water partition coefficient (Wildman–Crippen LogP) is 5.27. The Morgan fingerprint density at radius 1 is 0.974 bits per heavy atom. The smallest absolute Gasteiger partial charge is 0.382 e. The average molecular weight is 557 g/mol. The highest BCUT2D eigenvalue weighted by Gasteiger charge is 2.44. The number of pyridine rings is 2. The Morgan fingerprint density at radius 2 is 1.67 bits per heavy atom. The number of aryl methyl sites for hydroxylation is 2. The van der Waals surface area contributed by atoms with Crippen LogP contribution in [0, 0.1) is 13.8 Å². The van der Waals surface area contributed by atoms with Crippen LogP contribution in [0.25, 0.3) is 17.1 Å². The minimum atomic E-state index is -4.64. The molecule has 5 rings (SSSR count). The molecule has 39 heavy (non-hydrogen) atoms. The summed E-state index contributed by atoms with van der Waals surface area (Å²) in [6, 6.07) is 6.62. The van der Waals surface area contributed by atoms with Crippen LogP contribution in [0.4, 0.5) is 13.2 Å². The summed E-state index contributed by atoms with van der Waals surface area (Å²) in [6.07, 6.45) is 0.123. The van der Waals surface area contributed by atoms with Crippen molar-refractivity contribution in [1.29, 1.82) is 0 Å². The van der Waals surface area contributed by atoms with E-state index in [0.29, 0.717) is 34.8 Å². The van der Waals surface area contributed by atoms with Crippen LogP contribution in [-0.4, -0.2) is 34.6 Å². The summed E-state index contributed by atoms with van der Waals surface area (Å²) in [7, 11) is 0. The second-order valence-corrected chi connectivity index (χ2v) is 10.5. The quantitative estimate of drug-likeness (QED) is 0.357. The summed E-state index contributed by atoms with van der Waals surface area (Å²) >= 11 is 6.58. The first-order valence-corrected chi connectivity index (χ1v) is 12.5. The van der Waals surface area contributed by atoms with Gasteiger partial charge in [-0.15, -0.1) is 0 Å². The van der Waals surface area contributed by atoms with Gasteiger partial charge in [-0.1, -0.05) is 11.6 Å². The van der Waals surface area contributed by atoms with E-state index in [9.17, 15) is 23.1 Å². The molecular weight excluding hydrogens is 533 g/mol. The van der Waals surface area contributed by atoms with E-state index in [2.05, 4.69) is 24.9 Å². The van der Waals surface area contributed by atoms with Gasteiger partial charge in [-0.05, 0) is 75.4 Å². The zero-order chi connectivity index (χ0) is 28.3. The van der Waals surface area contributed by atoms with E-state index >= 15 is 0 Å². The molecule has 1 aliphatic rings. The molecule has 1 fully saturated rings. The monoisotopic (exact) mass is 556 g/mol. The molecule has 4 aromatic rings. The second kappa shape index (κ2) is 9.49. The first-order valence-electron chi connectivity index (χ1n) is 12.1. The van der Waals surface area contributed by atoms with Gasteiger partial charge in [0.2, 0.25) is 5.82 Å². The largest absolute Gasteiger partial charge is 0.451 e. The summed E-state index contributed by atoms with van der Waals surface area (Å²) in [6.45, 7) is 6.74. The van der Waals surface area contributed by atoms with E-state index in [0.717, 1.165) is 11.8 Å². The van der Waals surface area contributed by atoms with Crippen LogP contribution in [-0.2, 0) is 11.8 Å². The molecule has 0 aromatic carbocycles. The lowest BCUT2D eigenvalue weighted by atomic mass is 10.1. The Balaban J connectivity index is 1.51. The topological polar surface area (TPSA) is 107 Å². The molecular formula is C27H24ClF3N6O2. The molecule has 0 unspecified atom stereocenters. The summed E-state index contributed by atoms with van der Waals surface area (Å²) in [4.78, 5) is 33.6. The van der Waals surface area contributed by atoms with Crippen molar-refractivity contribution in [3.05, 3.63) is 92.4 Å². The Morgan fingerprint density at radius 3 is 2.36 bits per heavy atom. The van der Waals surface area contributed by atoms with Crippen LogP contribution >= 0.6 is 11.6 Å². The molecule has 0 amide bonds. The second-order valence-electron chi connectivity index (χ2n) is 10.1. The fourth-order valence-electron chi connectivity index (χ4n) is 4.58. The number of aromatic nitrogens is 6.